The van der Waals surface area contributed by atoms with Gasteiger partial charge in [0.15, 0.2) is 5.65 Å². The number of aromatic nitrogens is 3. The van der Waals surface area contributed by atoms with Gasteiger partial charge in [-0.25, -0.2) is 14.3 Å². The summed E-state index contributed by atoms with van der Waals surface area (Å²) in [5, 5.41) is 17.9. The van der Waals surface area contributed by atoms with E-state index < -0.39 is 23.3 Å². The van der Waals surface area contributed by atoms with Crippen molar-refractivity contribution in [2.45, 2.75) is 58.8 Å². The fourth-order valence-corrected chi connectivity index (χ4v) is 3.01. The van der Waals surface area contributed by atoms with Crippen molar-refractivity contribution in [2.75, 3.05) is 0 Å². The van der Waals surface area contributed by atoms with Gasteiger partial charge in [0.25, 0.3) is 0 Å². The van der Waals surface area contributed by atoms with E-state index >= 15 is 0 Å². The van der Waals surface area contributed by atoms with Crippen LogP contribution >= 0.6 is 0 Å². The number of benzene rings is 1. The van der Waals surface area contributed by atoms with Crippen LogP contribution in [-0.4, -0.2) is 31.3 Å². The van der Waals surface area contributed by atoms with Gasteiger partial charge in [-0.3, -0.25) is 0 Å². The lowest BCUT2D eigenvalue weighted by Gasteiger charge is -2.23. The SMILES string of the molecule is CC(OC(=O)NC(C)(C)C)c1cc2nccn2nc1-c1cccc(C(C)(C)O)c1. The molecule has 154 valence electrons. The van der Waals surface area contributed by atoms with E-state index in [0.717, 1.165) is 16.7 Å². The van der Waals surface area contributed by atoms with E-state index in [2.05, 4.69) is 10.3 Å². The number of hydrogen-bond donors (Lipinski definition) is 2. The van der Waals surface area contributed by atoms with Gasteiger partial charge in [-0.1, -0.05) is 18.2 Å². The molecule has 0 bridgehead atoms. The smallest absolute Gasteiger partial charge is 0.408 e. The topological polar surface area (TPSA) is 88.8 Å². The zero-order chi connectivity index (χ0) is 21.4. The van der Waals surface area contributed by atoms with Crippen LogP contribution in [0.15, 0.2) is 42.7 Å². The molecule has 1 atom stereocenters. The minimum Gasteiger partial charge on any atom is -0.442 e. The Balaban J connectivity index is 2.04. The number of imidazole rings is 1. The first-order chi connectivity index (χ1) is 13.4. The Morgan fingerprint density at radius 2 is 1.93 bits per heavy atom. The molecule has 0 saturated carbocycles. The summed E-state index contributed by atoms with van der Waals surface area (Å²) in [6.07, 6.45) is 2.39. The van der Waals surface area contributed by atoms with Crippen LogP contribution in [0.2, 0.25) is 0 Å². The third-order valence-electron chi connectivity index (χ3n) is 4.46. The summed E-state index contributed by atoms with van der Waals surface area (Å²) in [7, 11) is 0. The Morgan fingerprint density at radius 3 is 2.59 bits per heavy atom. The van der Waals surface area contributed by atoms with Crippen molar-refractivity contribution in [1.82, 2.24) is 19.9 Å². The van der Waals surface area contributed by atoms with Gasteiger partial charge in [-0.15, -0.1) is 0 Å². The summed E-state index contributed by atoms with van der Waals surface area (Å²) < 4.78 is 7.30. The van der Waals surface area contributed by atoms with E-state index in [1.54, 1.807) is 30.8 Å². The van der Waals surface area contributed by atoms with Crippen LogP contribution < -0.4 is 5.32 Å². The maximum absolute atomic E-state index is 12.3. The van der Waals surface area contributed by atoms with Crippen LogP contribution in [0.5, 0.6) is 0 Å². The molecule has 0 aliphatic rings. The first kappa shape index (κ1) is 20.8. The van der Waals surface area contributed by atoms with Gasteiger partial charge in [0.1, 0.15) is 6.10 Å². The molecule has 3 aromatic rings. The summed E-state index contributed by atoms with van der Waals surface area (Å²) in [4.78, 5) is 16.6. The number of alkyl carbamates (subject to hydrolysis) is 1. The summed E-state index contributed by atoms with van der Waals surface area (Å²) in [5.74, 6) is 0. The monoisotopic (exact) mass is 396 g/mol. The molecule has 29 heavy (non-hydrogen) atoms. The number of nitrogens with one attached hydrogen (secondary N) is 1. The van der Waals surface area contributed by atoms with Crippen molar-refractivity contribution < 1.29 is 14.6 Å². The van der Waals surface area contributed by atoms with Crippen molar-refractivity contribution in [3.05, 3.63) is 53.9 Å². The number of ether oxygens (including phenoxy) is 1. The highest BCUT2D eigenvalue weighted by Gasteiger charge is 2.23. The number of aliphatic hydroxyl groups is 1. The third kappa shape index (κ3) is 4.92. The van der Waals surface area contributed by atoms with E-state index in [1.807, 2.05) is 58.0 Å². The number of rotatable bonds is 4. The zero-order valence-electron chi connectivity index (χ0n) is 17.7. The predicted octanol–water partition coefficient (Wildman–Crippen LogP) is 4.21. The van der Waals surface area contributed by atoms with E-state index in [1.165, 1.54) is 0 Å². The first-order valence-electron chi connectivity index (χ1n) is 9.60. The normalized spacial score (nSPS) is 13.3. The Labute approximate surface area is 170 Å². The Morgan fingerprint density at radius 1 is 1.21 bits per heavy atom. The van der Waals surface area contributed by atoms with Gasteiger partial charge in [-0.05, 0) is 59.2 Å². The van der Waals surface area contributed by atoms with Crippen LogP contribution in [0.25, 0.3) is 16.9 Å². The molecule has 2 aromatic heterocycles. The molecule has 3 rings (SSSR count). The average Bonchev–Trinajstić information content (AvgIpc) is 3.05. The second-order valence-electron chi connectivity index (χ2n) is 8.74. The standard InChI is InChI=1S/C22H28N4O3/c1-14(29-20(27)24-21(2,3)4)17-13-18-23-10-11-26(18)25-19(17)15-8-7-9-16(12-15)22(5,6)28/h7-14,28H,1-6H3,(H,24,27). The highest BCUT2D eigenvalue weighted by Crippen LogP contribution is 2.31. The van der Waals surface area contributed by atoms with Gasteiger partial charge in [-0.2, -0.15) is 5.10 Å². The van der Waals surface area contributed by atoms with E-state index in [0.29, 0.717) is 11.3 Å². The predicted molar refractivity (Wildman–Crippen MR) is 111 cm³/mol. The molecule has 1 aromatic carbocycles. The molecular formula is C22H28N4O3. The Hall–Kier alpha value is -2.93. The lowest BCUT2D eigenvalue weighted by molar-refractivity contribution is 0.0786. The van der Waals surface area contributed by atoms with Crippen LogP contribution in [0, 0.1) is 0 Å². The molecule has 1 unspecified atom stereocenters. The molecule has 0 saturated heterocycles. The molecule has 1 amide bonds. The van der Waals surface area contributed by atoms with Gasteiger partial charge in [0.2, 0.25) is 0 Å². The quantitative estimate of drug-likeness (QED) is 0.690. The van der Waals surface area contributed by atoms with E-state index in [4.69, 9.17) is 9.84 Å². The number of fused-ring (bicyclic) bond motifs is 1. The Kier molecular flexibility index (Phi) is 5.36. The second kappa shape index (κ2) is 7.48. The molecule has 0 fully saturated rings. The highest BCUT2D eigenvalue weighted by molar-refractivity contribution is 5.70. The Bertz CT molecular complexity index is 1030. The maximum atomic E-state index is 12.3. The lowest BCUT2D eigenvalue weighted by atomic mass is 9.94. The molecule has 2 heterocycles. The molecule has 0 radical (unpaired) electrons. The van der Waals surface area contributed by atoms with Gasteiger partial charge in [0, 0.05) is 29.1 Å². The number of amides is 1. The summed E-state index contributed by atoms with van der Waals surface area (Å²) in [6.45, 7) is 11.0. The minimum absolute atomic E-state index is 0.397. The van der Waals surface area contributed by atoms with Crippen molar-refractivity contribution in [2.24, 2.45) is 0 Å². The van der Waals surface area contributed by atoms with Crippen LogP contribution in [-0.2, 0) is 10.3 Å². The number of carbonyl (C=O) groups excluding carboxylic acids is 1. The third-order valence-corrected chi connectivity index (χ3v) is 4.46. The van der Waals surface area contributed by atoms with Crippen molar-refractivity contribution in [3.8, 4) is 11.3 Å². The van der Waals surface area contributed by atoms with Crippen molar-refractivity contribution >= 4 is 11.7 Å². The fraction of sp³-hybridized carbons (Fsp3) is 0.409. The maximum Gasteiger partial charge on any atom is 0.408 e. The number of carbonyl (C=O) groups is 1. The second-order valence-corrected chi connectivity index (χ2v) is 8.74. The van der Waals surface area contributed by atoms with Crippen LogP contribution in [0.3, 0.4) is 0 Å². The summed E-state index contributed by atoms with van der Waals surface area (Å²) >= 11 is 0. The van der Waals surface area contributed by atoms with Gasteiger partial charge >= 0.3 is 6.09 Å². The number of nitrogens with zero attached hydrogens (tertiary/aromatic N) is 3. The molecule has 0 aliphatic heterocycles. The minimum atomic E-state index is -0.982. The van der Waals surface area contributed by atoms with Crippen LogP contribution in [0.1, 0.15) is 58.8 Å². The highest BCUT2D eigenvalue weighted by atomic mass is 16.6. The molecule has 0 spiro atoms. The van der Waals surface area contributed by atoms with E-state index in [-0.39, 0.29) is 0 Å². The summed E-state index contributed by atoms with van der Waals surface area (Å²) in [5.41, 5.74) is 2.28. The first-order valence-corrected chi connectivity index (χ1v) is 9.60. The molecule has 2 N–H and O–H groups in total. The van der Waals surface area contributed by atoms with E-state index in [9.17, 15) is 9.90 Å². The largest absolute Gasteiger partial charge is 0.442 e. The lowest BCUT2D eigenvalue weighted by Crippen LogP contribution is -2.41. The van der Waals surface area contributed by atoms with Crippen molar-refractivity contribution in [3.63, 3.8) is 0 Å². The van der Waals surface area contributed by atoms with Crippen molar-refractivity contribution in [1.29, 1.82) is 0 Å². The fourth-order valence-electron chi connectivity index (χ4n) is 3.01. The van der Waals surface area contributed by atoms with Crippen LogP contribution in [0.4, 0.5) is 4.79 Å². The summed E-state index contributed by atoms with van der Waals surface area (Å²) in [6, 6.07) is 9.44. The molecular weight excluding hydrogens is 368 g/mol. The molecule has 7 heteroatoms. The van der Waals surface area contributed by atoms with Gasteiger partial charge < -0.3 is 15.2 Å². The number of hydrogen-bond acceptors (Lipinski definition) is 5. The van der Waals surface area contributed by atoms with Gasteiger partial charge in [0.05, 0.1) is 11.3 Å². The molecule has 0 aliphatic carbocycles. The average molecular weight is 396 g/mol. The zero-order valence-corrected chi connectivity index (χ0v) is 17.7. The molecule has 7 nitrogen and oxygen atoms in total.